The summed E-state index contributed by atoms with van der Waals surface area (Å²) in [4.78, 5) is 27.8. The fourth-order valence-corrected chi connectivity index (χ4v) is 2.89. The number of pyridine rings is 1. The number of aliphatic hydroxyl groups excluding tert-OH is 1. The molecule has 3 N–H and O–H groups in total. The fourth-order valence-electron chi connectivity index (χ4n) is 2.77. The monoisotopic (exact) mass is 450 g/mol. The predicted molar refractivity (Wildman–Crippen MR) is 108 cm³/mol. The van der Waals surface area contributed by atoms with Crippen LogP contribution in [0.2, 0.25) is 5.02 Å². The first-order valence-electron chi connectivity index (χ1n) is 8.75. The van der Waals surface area contributed by atoms with Gasteiger partial charge in [-0.3, -0.25) is 9.59 Å². The summed E-state index contributed by atoms with van der Waals surface area (Å²) < 4.78 is 42.3. The molecule has 0 saturated heterocycles. The molecule has 0 saturated carbocycles. The average molecular weight is 451 g/mol. The normalized spacial score (nSPS) is 11.0. The zero-order valence-electron chi connectivity index (χ0n) is 15.6. The van der Waals surface area contributed by atoms with E-state index >= 15 is 0 Å². The Labute approximate surface area is 178 Å². The summed E-state index contributed by atoms with van der Waals surface area (Å²) in [5.74, 6) is 3.31. The van der Waals surface area contributed by atoms with E-state index in [1.54, 1.807) is 24.3 Å². The van der Waals surface area contributed by atoms with Gasteiger partial charge in [-0.15, -0.1) is 13.2 Å². The van der Waals surface area contributed by atoms with Crippen LogP contribution in [-0.4, -0.2) is 29.0 Å². The Morgan fingerprint density at radius 2 is 1.94 bits per heavy atom. The number of rotatable bonds is 4. The summed E-state index contributed by atoms with van der Waals surface area (Å²) in [7, 11) is 0. The molecule has 31 heavy (non-hydrogen) atoms. The standard InChI is InChI=1S/C21H14ClF3N2O4/c22-14-5-3-12(4-6-14)10-27-20(30)16-11-26-18-15(19(16)29)8-13(2-1-7-28)9-17(18)31-21(23,24)25/h3-6,8-9,11,28H,7,10H2,(H,26,29)(H,27,30). The number of H-pyrrole nitrogens is 1. The zero-order valence-corrected chi connectivity index (χ0v) is 16.4. The average Bonchev–Trinajstić information content (AvgIpc) is 2.71. The number of aromatic nitrogens is 1. The number of amides is 1. The van der Waals surface area contributed by atoms with Crippen molar-refractivity contribution in [1.82, 2.24) is 10.3 Å². The van der Waals surface area contributed by atoms with Gasteiger partial charge in [-0.1, -0.05) is 35.6 Å². The molecule has 6 nitrogen and oxygen atoms in total. The van der Waals surface area contributed by atoms with Gasteiger partial charge in [0.1, 0.15) is 12.2 Å². The molecule has 0 aliphatic rings. The summed E-state index contributed by atoms with van der Waals surface area (Å²) in [5, 5.41) is 11.7. The molecular weight excluding hydrogens is 437 g/mol. The molecule has 0 aliphatic heterocycles. The van der Waals surface area contributed by atoms with Crippen molar-refractivity contribution in [2.24, 2.45) is 0 Å². The van der Waals surface area contributed by atoms with E-state index in [0.717, 1.165) is 17.8 Å². The lowest BCUT2D eigenvalue weighted by atomic mass is 10.1. The summed E-state index contributed by atoms with van der Waals surface area (Å²) in [6.45, 7) is -0.422. The number of carbonyl (C=O) groups is 1. The van der Waals surface area contributed by atoms with Crippen molar-refractivity contribution >= 4 is 28.4 Å². The lowest BCUT2D eigenvalue weighted by molar-refractivity contribution is -0.274. The summed E-state index contributed by atoms with van der Waals surface area (Å²) in [6.07, 6.45) is -3.99. The molecule has 1 aromatic heterocycles. The maximum Gasteiger partial charge on any atom is 0.573 e. The summed E-state index contributed by atoms with van der Waals surface area (Å²) in [5.41, 5.74) is -0.609. The first-order chi connectivity index (χ1) is 14.7. The maximum absolute atomic E-state index is 12.8. The highest BCUT2D eigenvalue weighted by atomic mass is 35.5. The first-order valence-corrected chi connectivity index (χ1v) is 9.13. The number of benzene rings is 2. The number of halogens is 4. The van der Waals surface area contributed by atoms with E-state index in [2.05, 4.69) is 26.9 Å². The minimum atomic E-state index is -5.01. The van der Waals surface area contributed by atoms with Crippen molar-refractivity contribution in [2.75, 3.05) is 6.61 Å². The van der Waals surface area contributed by atoms with E-state index in [1.165, 1.54) is 6.07 Å². The molecule has 3 aromatic rings. The zero-order chi connectivity index (χ0) is 22.6. The Kier molecular flexibility index (Phi) is 6.53. The van der Waals surface area contributed by atoms with Crippen LogP contribution < -0.4 is 15.5 Å². The predicted octanol–water partition coefficient (Wildman–Crippen LogP) is 3.35. The number of fused-ring (bicyclic) bond motifs is 1. The minimum Gasteiger partial charge on any atom is -0.403 e. The number of alkyl halides is 3. The third-order valence-corrected chi connectivity index (χ3v) is 4.35. The maximum atomic E-state index is 12.8. The van der Waals surface area contributed by atoms with Gasteiger partial charge in [-0.25, -0.2) is 0 Å². The second kappa shape index (κ2) is 9.12. The molecule has 0 unspecified atom stereocenters. The van der Waals surface area contributed by atoms with Crippen molar-refractivity contribution in [3.8, 4) is 17.6 Å². The molecule has 0 fully saturated rings. The largest absolute Gasteiger partial charge is 0.573 e. The fraction of sp³-hybridized carbons (Fsp3) is 0.143. The third kappa shape index (κ3) is 5.57. The molecule has 3 rings (SSSR count). The molecule has 0 bridgehead atoms. The van der Waals surface area contributed by atoms with E-state index in [9.17, 15) is 22.8 Å². The van der Waals surface area contributed by atoms with Crippen molar-refractivity contribution < 1.29 is 27.8 Å². The second-order valence-corrected chi connectivity index (χ2v) is 6.68. The van der Waals surface area contributed by atoms with Crippen LogP contribution in [0, 0.1) is 11.8 Å². The van der Waals surface area contributed by atoms with Gasteiger partial charge in [0.05, 0.1) is 10.9 Å². The lowest BCUT2D eigenvalue weighted by Gasteiger charge is -2.13. The van der Waals surface area contributed by atoms with E-state index in [0.29, 0.717) is 5.02 Å². The Morgan fingerprint density at radius 1 is 1.23 bits per heavy atom. The van der Waals surface area contributed by atoms with Crippen LogP contribution in [0.25, 0.3) is 10.9 Å². The molecule has 1 heterocycles. The summed E-state index contributed by atoms with van der Waals surface area (Å²) in [6, 6.07) is 8.87. The van der Waals surface area contributed by atoms with Crippen LogP contribution in [-0.2, 0) is 6.54 Å². The molecule has 160 valence electrons. The number of nitrogens with one attached hydrogen (secondary N) is 2. The number of hydrogen-bond acceptors (Lipinski definition) is 4. The number of aromatic amines is 1. The molecule has 1 amide bonds. The third-order valence-electron chi connectivity index (χ3n) is 4.10. The van der Waals surface area contributed by atoms with Gasteiger partial charge in [0, 0.05) is 23.3 Å². The number of carbonyl (C=O) groups excluding carboxylic acids is 1. The van der Waals surface area contributed by atoms with Crippen LogP contribution in [0.5, 0.6) is 5.75 Å². The van der Waals surface area contributed by atoms with Crippen molar-refractivity contribution in [3.05, 3.63) is 74.5 Å². The van der Waals surface area contributed by atoms with Crippen LogP contribution in [0.3, 0.4) is 0 Å². The van der Waals surface area contributed by atoms with Gasteiger partial charge in [0.15, 0.2) is 5.75 Å². The number of aliphatic hydroxyl groups is 1. The SMILES string of the molecule is O=C(NCc1ccc(Cl)cc1)c1c[nH]c2c(OC(F)(F)F)cc(C#CCO)cc2c1=O. The van der Waals surface area contributed by atoms with Crippen LogP contribution in [0.4, 0.5) is 13.2 Å². The van der Waals surface area contributed by atoms with E-state index in [1.807, 2.05) is 0 Å². The van der Waals surface area contributed by atoms with Gasteiger partial charge >= 0.3 is 6.36 Å². The van der Waals surface area contributed by atoms with E-state index in [-0.39, 0.29) is 28.6 Å². The smallest absolute Gasteiger partial charge is 0.403 e. The molecule has 2 aromatic carbocycles. The van der Waals surface area contributed by atoms with Gasteiger partial charge in [-0.05, 0) is 29.8 Å². The molecule has 10 heteroatoms. The summed E-state index contributed by atoms with van der Waals surface area (Å²) >= 11 is 5.81. The van der Waals surface area contributed by atoms with Crippen LogP contribution in [0.15, 0.2) is 47.4 Å². The topological polar surface area (TPSA) is 91.4 Å². The first kappa shape index (κ1) is 22.2. The number of ether oxygens (including phenoxy) is 1. The van der Waals surface area contributed by atoms with E-state index < -0.39 is 30.1 Å². The van der Waals surface area contributed by atoms with Crippen LogP contribution in [0.1, 0.15) is 21.5 Å². The Bertz CT molecular complexity index is 1240. The molecular formula is C21H14ClF3N2O4. The Balaban J connectivity index is 1.99. The highest BCUT2D eigenvalue weighted by Gasteiger charge is 2.32. The Morgan fingerprint density at radius 3 is 2.58 bits per heavy atom. The molecule has 0 spiro atoms. The van der Waals surface area contributed by atoms with Crippen molar-refractivity contribution in [1.29, 1.82) is 0 Å². The molecule has 0 radical (unpaired) electrons. The molecule has 0 aliphatic carbocycles. The van der Waals surface area contributed by atoms with Crippen molar-refractivity contribution in [2.45, 2.75) is 12.9 Å². The minimum absolute atomic E-state index is 0.00465. The quantitative estimate of drug-likeness (QED) is 0.532. The van der Waals surface area contributed by atoms with Crippen molar-refractivity contribution in [3.63, 3.8) is 0 Å². The highest BCUT2D eigenvalue weighted by molar-refractivity contribution is 6.30. The Hall–Kier alpha value is -3.48. The lowest BCUT2D eigenvalue weighted by Crippen LogP contribution is -2.28. The number of hydrogen-bond donors (Lipinski definition) is 3. The van der Waals surface area contributed by atoms with Crippen LogP contribution >= 0.6 is 11.6 Å². The van der Waals surface area contributed by atoms with Gasteiger partial charge in [0.25, 0.3) is 5.91 Å². The van der Waals surface area contributed by atoms with Gasteiger partial charge in [-0.2, -0.15) is 0 Å². The van der Waals surface area contributed by atoms with Gasteiger partial charge in [0.2, 0.25) is 5.43 Å². The highest BCUT2D eigenvalue weighted by Crippen LogP contribution is 2.29. The molecule has 0 atom stereocenters. The second-order valence-electron chi connectivity index (χ2n) is 6.25. The van der Waals surface area contributed by atoms with Gasteiger partial charge < -0.3 is 20.1 Å². The van der Waals surface area contributed by atoms with E-state index in [4.69, 9.17) is 16.7 Å².